The van der Waals surface area contributed by atoms with Crippen LogP contribution in [-0.4, -0.2) is 17.3 Å². The zero-order valence-corrected chi connectivity index (χ0v) is 8.09. The Balaban J connectivity index is 2.44. The first-order chi connectivity index (χ1) is 6.08. The van der Waals surface area contributed by atoms with Crippen molar-refractivity contribution < 1.29 is 5.11 Å². The molecule has 0 bridgehead atoms. The Kier molecular flexibility index (Phi) is 1.81. The summed E-state index contributed by atoms with van der Waals surface area (Å²) in [7, 11) is 0. The Morgan fingerprint density at radius 2 is 2.23 bits per heavy atom. The van der Waals surface area contributed by atoms with Crippen molar-refractivity contribution >= 4 is 5.69 Å². The number of nitrogens with one attached hydrogen (secondary N) is 1. The fourth-order valence-corrected chi connectivity index (χ4v) is 1.83. The summed E-state index contributed by atoms with van der Waals surface area (Å²) in [6.07, 6.45) is 0.752. The highest BCUT2D eigenvalue weighted by atomic mass is 16.3. The minimum Gasteiger partial charge on any atom is -0.388 e. The predicted molar refractivity (Wildman–Crippen MR) is 54.0 cm³/mol. The zero-order chi connectivity index (χ0) is 9.47. The molecule has 0 saturated heterocycles. The number of anilines is 1. The third-order valence-corrected chi connectivity index (χ3v) is 2.63. The van der Waals surface area contributed by atoms with Crippen molar-refractivity contribution in [3.8, 4) is 0 Å². The second kappa shape index (κ2) is 2.74. The van der Waals surface area contributed by atoms with Crippen LogP contribution in [0, 0.1) is 6.92 Å². The van der Waals surface area contributed by atoms with Gasteiger partial charge in [-0.25, -0.2) is 0 Å². The van der Waals surface area contributed by atoms with Crippen LogP contribution in [0.15, 0.2) is 18.2 Å². The third-order valence-electron chi connectivity index (χ3n) is 2.63. The van der Waals surface area contributed by atoms with Crippen LogP contribution in [0.1, 0.15) is 18.1 Å². The molecule has 0 saturated carbocycles. The smallest absolute Gasteiger partial charge is 0.0832 e. The molecular weight excluding hydrogens is 162 g/mol. The van der Waals surface area contributed by atoms with Gasteiger partial charge >= 0.3 is 0 Å². The molecule has 70 valence electrons. The first kappa shape index (κ1) is 8.57. The second-order valence-corrected chi connectivity index (χ2v) is 4.13. The van der Waals surface area contributed by atoms with Crippen LogP contribution in [0.3, 0.4) is 0 Å². The Bertz CT molecular complexity index is 331. The predicted octanol–water partition coefficient (Wildman–Crippen LogP) is 1.71. The van der Waals surface area contributed by atoms with E-state index in [0.717, 1.165) is 6.42 Å². The normalized spacial score (nSPS) is 26.4. The minimum atomic E-state index is -0.598. The van der Waals surface area contributed by atoms with Gasteiger partial charge in [0.1, 0.15) is 0 Å². The van der Waals surface area contributed by atoms with Gasteiger partial charge in [-0.3, -0.25) is 0 Å². The summed E-state index contributed by atoms with van der Waals surface area (Å²) in [5.41, 5.74) is 3.08. The molecule has 0 radical (unpaired) electrons. The molecule has 2 rings (SSSR count). The first-order valence-electron chi connectivity index (χ1n) is 4.63. The van der Waals surface area contributed by atoms with E-state index in [1.165, 1.54) is 16.8 Å². The van der Waals surface area contributed by atoms with Gasteiger partial charge < -0.3 is 10.4 Å². The van der Waals surface area contributed by atoms with E-state index in [-0.39, 0.29) is 0 Å². The summed E-state index contributed by atoms with van der Waals surface area (Å²) in [6, 6.07) is 6.20. The largest absolute Gasteiger partial charge is 0.388 e. The standard InChI is InChI=1S/C11H15NO/c1-8-4-3-5-10-9(8)6-11(2,13)7-12-10/h3-5,12-13H,6-7H2,1-2H3. The topological polar surface area (TPSA) is 32.3 Å². The van der Waals surface area contributed by atoms with E-state index in [1.54, 1.807) is 0 Å². The summed E-state index contributed by atoms with van der Waals surface area (Å²) in [5, 5.41) is 13.1. The van der Waals surface area contributed by atoms with Crippen molar-refractivity contribution in [2.45, 2.75) is 25.9 Å². The number of fused-ring (bicyclic) bond motifs is 1. The highest BCUT2D eigenvalue weighted by Crippen LogP contribution is 2.28. The number of hydrogen-bond acceptors (Lipinski definition) is 2. The number of β-amino-alcohol motifs (C(OH)–C–C–N with tert-alkyl or cyclic N) is 1. The molecule has 0 amide bonds. The lowest BCUT2D eigenvalue weighted by Gasteiger charge is -2.32. The molecule has 0 aliphatic carbocycles. The van der Waals surface area contributed by atoms with Gasteiger partial charge in [-0.15, -0.1) is 0 Å². The van der Waals surface area contributed by atoms with E-state index >= 15 is 0 Å². The van der Waals surface area contributed by atoms with E-state index in [9.17, 15) is 5.11 Å². The fourth-order valence-electron chi connectivity index (χ4n) is 1.83. The number of hydrogen-bond donors (Lipinski definition) is 2. The average Bonchev–Trinajstić information content (AvgIpc) is 2.06. The van der Waals surface area contributed by atoms with Crippen LogP contribution in [0.25, 0.3) is 0 Å². The van der Waals surface area contributed by atoms with Crippen molar-refractivity contribution in [2.75, 3.05) is 11.9 Å². The summed E-state index contributed by atoms with van der Waals surface area (Å²) in [6.45, 7) is 4.60. The highest BCUT2D eigenvalue weighted by molar-refractivity contribution is 5.57. The van der Waals surface area contributed by atoms with E-state index in [4.69, 9.17) is 0 Å². The fraction of sp³-hybridized carbons (Fsp3) is 0.455. The highest BCUT2D eigenvalue weighted by Gasteiger charge is 2.27. The number of benzene rings is 1. The van der Waals surface area contributed by atoms with Crippen LogP contribution in [0.4, 0.5) is 5.69 Å². The maximum atomic E-state index is 9.88. The maximum absolute atomic E-state index is 9.88. The van der Waals surface area contributed by atoms with Crippen molar-refractivity contribution in [2.24, 2.45) is 0 Å². The van der Waals surface area contributed by atoms with Crippen LogP contribution in [0.2, 0.25) is 0 Å². The molecule has 1 aromatic rings. The van der Waals surface area contributed by atoms with Crippen LogP contribution < -0.4 is 5.32 Å². The molecule has 0 aromatic heterocycles. The molecule has 1 aromatic carbocycles. The molecule has 2 N–H and O–H groups in total. The summed E-state index contributed by atoms with van der Waals surface area (Å²) < 4.78 is 0. The monoisotopic (exact) mass is 177 g/mol. The minimum absolute atomic E-state index is 0.598. The Hall–Kier alpha value is -1.02. The zero-order valence-electron chi connectivity index (χ0n) is 8.09. The molecule has 1 aliphatic rings. The van der Waals surface area contributed by atoms with Gasteiger partial charge in [0.15, 0.2) is 0 Å². The van der Waals surface area contributed by atoms with Gasteiger partial charge in [0, 0.05) is 18.7 Å². The summed E-state index contributed by atoms with van der Waals surface area (Å²) >= 11 is 0. The Morgan fingerprint density at radius 3 is 3.00 bits per heavy atom. The molecule has 0 spiro atoms. The maximum Gasteiger partial charge on any atom is 0.0832 e. The lowest BCUT2D eigenvalue weighted by molar-refractivity contribution is 0.0709. The van der Waals surface area contributed by atoms with Gasteiger partial charge in [-0.05, 0) is 31.0 Å². The van der Waals surface area contributed by atoms with Crippen LogP contribution >= 0.6 is 0 Å². The number of aryl methyl sites for hydroxylation is 1. The molecule has 1 heterocycles. The van der Waals surface area contributed by atoms with Crippen molar-refractivity contribution in [3.63, 3.8) is 0 Å². The quantitative estimate of drug-likeness (QED) is 0.632. The van der Waals surface area contributed by atoms with Gasteiger partial charge in [-0.1, -0.05) is 12.1 Å². The lowest BCUT2D eigenvalue weighted by atomic mass is 9.89. The van der Waals surface area contributed by atoms with Crippen LogP contribution in [0.5, 0.6) is 0 Å². The van der Waals surface area contributed by atoms with E-state index in [2.05, 4.69) is 24.4 Å². The van der Waals surface area contributed by atoms with Gasteiger partial charge in [0.2, 0.25) is 0 Å². The number of rotatable bonds is 0. The molecular formula is C11H15NO. The molecule has 1 unspecified atom stereocenters. The summed E-state index contributed by atoms with van der Waals surface area (Å²) in [4.78, 5) is 0. The molecule has 1 aliphatic heterocycles. The van der Waals surface area contributed by atoms with Gasteiger partial charge in [0.05, 0.1) is 5.60 Å². The average molecular weight is 177 g/mol. The van der Waals surface area contributed by atoms with Crippen molar-refractivity contribution in [1.29, 1.82) is 0 Å². The molecule has 0 fully saturated rings. The molecule has 2 nitrogen and oxygen atoms in total. The van der Waals surface area contributed by atoms with E-state index < -0.39 is 5.60 Å². The molecule has 13 heavy (non-hydrogen) atoms. The van der Waals surface area contributed by atoms with Crippen molar-refractivity contribution in [1.82, 2.24) is 0 Å². The Labute approximate surface area is 78.6 Å². The van der Waals surface area contributed by atoms with Crippen LogP contribution in [-0.2, 0) is 6.42 Å². The molecule has 2 heteroatoms. The Morgan fingerprint density at radius 1 is 1.46 bits per heavy atom. The SMILES string of the molecule is Cc1cccc2c1CC(C)(O)CN2. The van der Waals surface area contributed by atoms with Gasteiger partial charge in [0.25, 0.3) is 0 Å². The number of aliphatic hydroxyl groups is 1. The molecule has 1 atom stereocenters. The van der Waals surface area contributed by atoms with E-state index in [1.807, 2.05) is 13.0 Å². The third kappa shape index (κ3) is 1.54. The lowest BCUT2D eigenvalue weighted by Crippen LogP contribution is -2.39. The van der Waals surface area contributed by atoms with E-state index in [0.29, 0.717) is 6.54 Å². The van der Waals surface area contributed by atoms with Gasteiger partial charge in [-0.2, -0.15) is 0 Å². The summed E-state index contributed by atoms with van der Waals surface area (Å²) in [5.74, 6) is 0. The first-order valence-corrected chi connectivity index (χ1v) is 4.63. The second-order valence-electron chi connectivity index (χ2n) is 4.13. The van der Waals surface area contributed by atoms with Crippen molar-refractivity contribution in [3.05, 3.63) is 29.3 Å².